The van der Waals surface area contributed by atoms with Crippen molar-refractivity contribution in [1.82, 2.24) is 9.80 Å². The Labute approximate surface area is 122 Å². The molecule has 0 spiro atoms. The van der Waals surface area contributed by atoms with E-state index in [2.05, 4.69) is 0 Å². The maximum absolute atomic E-state index is 12.5. The van der Waals surface area contributed by atoms with Gasteiger partial charge in [0.1, 0.15) is 0 Å². The molecule has 2 aliphatic heterocycles. The van der Waals surface area contributed by atoms with Crippen molar-refractivity contribution in [3.8, 4) is 0 Å². The maximum Gasteiger partial charge on any atom is 0.335 e. The molecule has 1 aromatic rings. The molecular weight excluding hydrogens is 272 g/mol. The first-order chi connectivity index (χ1) is 10.0. The van der Waals surface area contributed by atoms with Crippen LogP contribution in [0.2, 0.25) is 0 Å². The zero-order chi connectivity index (χ0) is 15.0. The first-order valence-corrected chi connectivity index (χ1v) is 7.05. The van der Waals surface area contributed by atoms with Gasteiger partial charge >= 0.3 is 12.0 Å². The Hall–Kier alpha value is -2.08. The van der Waals surface area contributed by atoms with E-state index in [1.165, 1.54) is 0 Å². The molecule has 1 fully saturated rings. The minimum absolute atomic E-state index is 0.00164. The lowest BCUT2D eigenvalue weighted by molar-refractivity contribution is -0.00935. The second kappa shape index (κ2) is 5.37. The SMILES string of the molecule is CC1CN(C(=O)N2Cc3ccc(C(=O)O)cc3C2)CCO1. The van der Waals surface area contributed by atoms with E-state index >= 15 is 0 Å². The number of rotatable bonds is 1. The molecule has 1 saturated heterocycles. The number of benzene rings is 1. The van der Waals surface area contributed by atoms with Gasteiger partial charge in [0.05, 0.1) is 18.3 Å². The van der Waals surface area contributed by atoms with Gasteiger partial charge < -0.3 is 19.6 Å². The molecule has 2 amide bonds. The quantitative estimate of drug-likeness (QED) is 0.851. The first kappa shape index (κ1) is 13.9. The molecule has 6 heteroatoms. The maximum atomic E-state index is 12.5. The van der Waals surface area contributed by atoms with Gasteiger partial charge in [-0.3, -0.25) is 0 Å². The van der Waals surface area contributed by atoms with E-state index in [1.54, 1.807) is 28.0 Å². The lowest BCUT2D eigenvalue weighted by atomic mass is 10.1. The predicted molar refractivity (Wildman–Crippen MR) is 75.0 cm³/mol. The van der Waals surface area contributed by atoms with Crippen LogP contribution in [-0.2, 0) is 17.8 Å². The number of aromatic carboxylic acids is 1. The molecule has 21 heavy (non-hydrogen) atoms. The summed E-state index contributed by atoms with van der Waals surface area (Å²) in [5.74, 6) is -0.940. The van der Waals surface area contributed by atoms with Crippen LogP contribution in [0.15, 0.2) is 18.2 Å². The van der Waals surface area contributed by atoms with Crippen LogP contribution in [0.5, 0.6) is 0 Å². The second-order valence-electron chi connectivity index (χ2n) is 5.55. The molecule has 2 aliphatic rings. The molecule has 0 aliphatic carbocycles. The fourth-order valence-electron chi connectivity index (χ4n) is 2.85. The Bertz CT molecular complexity index is 587. The Morgan fingerprint density at radius 2 is 2.00 bits per heavy atom. The zero-order valence-corrected chi connectivity index (χ0v) is 11.9. The highest BCUT2D eigenvalue weighted by Crippen LogP contribution is 2.25. The summed E-state index contributed by atoms with van der Waals surface area (Å²) in [4.78, 5) is 27.1. The number of amides is 2. The van der Waals surface area contributed by atoms with E-state index in [4.69, 9.17) is 9.84 Å². The van der Waals surface area contributed by atoms with Crippen molar-refractivity contribution in [2.45, 2.75) is 26.1 Å². The number of ether oxygens (including phenoxy) is 1. The van der Waals surface area contributed by atoms with E-state index in [9.17, 15) is 9.59 Å². The van der Waals surface area contributed by atoms with Crippen molar-refractivity contribution in [3.63, 3.8) is 0 Å². The van der Waals surface area contributed by atoms with Crippen LogP contribution in [0, 0.1) is 0 Å². The molecule has 1 atom stereocenters. The summed E-state index contributed by atoms with van der Waals surface area (Å²) in [6, 6.07) is 5.05. The summed E-state index contributed by atoms with van der Waals surface area (Å²) in [7, 11) is 0. The summed E-state index contributed by atoms with van der Waals surface area (Å²) in [6.07, 6.45) is 0.0614. The van der Waals surface area contributed by atoms with Crippen molar-refractivity contribution in [1.29, 1.82) is 0 Å². The van der Waals surface area contributed by atoms with Crippen molar-refractivity contribution in [2.24, 2.45) is 0 Å². The molecule has 1 unspecified atom stereocenters. The number of carbonyl (C=O) groups is 2. The summed E-state index contributed by atoms with van der Waals surface area (Å²) in [6.45, 7) is 4.75. The lowest BCUT2D eigenvalue weighted by Gasteiger charge is -2.33. The zero-order valence-electron chi connectivity index (χ0n) is 11.9. The predicted octanol–water partition coefficient (Wildman–Crippen LogP) is 1.54. The number of carboxylic acid groups (broad SMARTS) is 1. The monoisotopic (exact) mass is 290 g/mol. The van der Waals surface area contributed by atoms with E-state index in [0.29, 0.717) is 32.8 Å². The van der Waals surface area contributed by atoms with Gasteiger partial charge in [-0.1, -0.05) is 6.07 Å². The molecule has 1 aromatic carbocycles. The Balaban J connectivity index is 1.72. The Kier molecular flexibility index (Phi) is 3.55. The third kappa shape index (κ3) is 2.71. The highest BCUT2D eigenvalue weighted by molar-refractivity contribution is 5.88. The fraction of sp³-hybridized carbons (Fsp3) is 0.467. The van der Waals surface area contributed by atoms with E-state index in [0.717, 1.165) is 11.1 Å². The standard InChI is InChI=1S/C15H18N2O4/c1-10-7-16(4-5-21-10)15(20)17-8-12-3-2-11(14(18)19)6-13(12)9-17/h2-3,6,10H,4-5,7-9H2,1H3,(H,18,19). The normalized spacial score (nSPS) is 21.3. The van der Waals surface area contributed by atoms with Crippen molar-refractivity contribution in [3.05, 3.63) is 34.9 Å². The highest BCUT2D eigenvalue weighted by Gasteiger charge is 2.30. The number of hydrogen-bond donors (Lipinski definition) is 1. The average Bonchev–Trinajstić information content (AvgIpc) is 2.89. The van der Waals surface area contributed by atoms with Crippen LogP contribution >= 0.6 is 0 Å². The molecular formula is C15H18N2O4. The molecule has 1 N–H and O–H groups in total. The van der Waals surface area contributed by atoms with Gasteiger partial charge in [-0.05, 0) is 30.2 Å². The van der Waals surface area contributed by atoms with Crippen LogP contribution in [-0.4, -0.2) is 52.7 Å². The number of carbonyl (C=O) groups excluding carboxylic acids is 1. The minimum Gasteiger partial charge on any atom is -0.478 e. The molecule has 0 saturated carbocycles. The minimum atomic E-state index is -0.940. The van der Waals surface area contributed by atoms with Gasteiger partial charge in [-0.2, -0.15) is 0 Å². The number of fused-ring (bicyclic) bond motifs is 1. The summed E-state index contributed by atoms with van der Waals surface area (Å²) < 4.78 is 5.45. The molecule has 2 heterocycles. The van der Waals surface area contributed by atoms with Crippen LogP contribution < -0.4 is 0 Å². The van der Waals surface area contributed by atoms with Gasteiger partial charge in [-0.25, -0.2) is 9.59 Å². The van der Waals surface area contributed by atoms with Gasteiger partial charge in [0.15, 0.2) is 0 Å². The summed E-state index contributed by atoms with van der Waals surface area (Å²) >= 11 is 0. The van der Waals surface area contributed by atoms with Crippen LogP contribution in [0.25, 0.3) is 0 Å². The van der Waals surface area contributed by atoms with Gasteiger partial charge in [-0.15, -0.1) is 0 Å². The molecule has 112 valence electrons. The van der Waals surface area contributed by atoms with Crippen LogP contribution in [0.1, 0.15) is 28.4 Å². The molecule has 0 bridgehead atoms. The van der Waals surface area contributed by atoms with Crippen LogP contribution in [0.4, 0.5) is 4.79 Å². The molecule has 0 radical (unpaired) electrons. The summed E-state index contributed by atoms with van der Waals surface area (Å²) in [5, 5.41) is 9.02. The van der Waals surface area contributed by atoms with Gasteiger partial charge in [0, 0.05) is 26.2 Å². The second-order valence-corrected chi connectivity index (χ2v) is 5.55. The fourth-order valence-corrected chi connectivity index (χ4v) is 2.85. The largest absolute Gasteiger partial charge is 0.478 e. The van der Waals surface area contributed by atoms with E-state index in [-0.39, 0.29) is 17.7 Å². The molecule has 3 rings (SSSR count). The average molecular weight is 290 g/mol. The van der Waals surface area contributed by atoms with Crippen molar-refractivity contribution < 1.29 is 19.4 Å². The summed E-state index contributed by atoms with van der Waals surface area (Å²) in [5.41, 5.74) is 2.21. The van der Waals surface area contributed by atoms with Crippen LogP contribution in [0.3, 0.4) is 0 Å². The molecule has 6 nitrogen and oxygen atoms in total. The number of nitrogens with zero attached hydrogens (tertiary/aromatic N) is 2. The van der Waals surface area contributed by atoms with Crippen molar-refractivity contribution in [2.75, 3.05) is 19.7 Å². The van der Waals surface area contributed by atoms with E-state index < -0.39 is 5.97 Å². The number of carboxylic acids is 1. The Morgan fingerprint density at radius 1 is 1.24 bits per heavy atom. The van der Waals surface area contributed by atoms with Gasteiger partial charge in [0.25, 0.3) is 0 Å². The smallest absolute Gasteiger partial charge is 0.335 e. The number of morpholine rings is 1. The highest BCUT2D eigenvalue weighted by atomic mass is 16.5. The molecule has 0 aromatic heterocycles. The Morgan fingerprint density at radius 3 is 2.71 bits per heavy atom. The third-order valence-corrected chi connectivity index (χ3v) is 3.96. The van der Waals surface area contributed by atoms with Crippen molar-refractivity contribution >= 4 is 12.0 Å². The first-order valence-electron chi connectivity index (χ1n) is 7.05. The third-order valence-electron chi connectivity index (χ3n) is 3.96. The number of hydrogen-bond acceptors (Lipinski definition) is 3. The van der Waals surface area contributed by atoms with Gasteiger partial charge in [0.2, 0.25) is 0 Å². The van der Waals surface area contributed by atoms with E-state index in [1.807, 2.05) is 6.92 Å². The number of urea groups is 1. The topological polar surface area (TPSA) is 70.1 Å². The lowest BCUT2D eigenvalue weighted by Crippen LogP contribution is -2.49.